The highest BCUT2D eigenvalue weighted by Crippen LogP contribution is 2.25. The van der Waals surface area contributed by atoms with E-state index in [4.69, 9.17) is 4.74 Å². The number of pyridine rings is 1. The van der Waals surface area contributed by atoms with E-state index in [-0.39, 0.29) is 24.4 Å². The summed E-state index contributed by atoms with van der Waals surface area (Å²) in [5.41, 5.74) is 0.960. The van der Waals surface area contributed by atoms with Crippen LogP contribution in [0.3, 0.4) is 0 Å². The Morgan fingerprint density at radius 1 is 1.38 bits per heavy atom. The molecule has 1 amide bonds. The molecule has 0 fully saturated rings. The molecule has 2 aromatic rings. The zero-order valence-electron chi connectivity index (χ0n) is 11.3. The van der Waals surface area contributed by atoms with E-state index in [1.54, 1.807) is 12.4 Å². The average Bonchev–Trinajstić information content (AvgIpc) is 2.47. The van der Waals surface area contributed by atoms with Crippen molar-refractivity contribution in [3.05, 3.63) is 58.6 Å². The van der Waals surface area contributed by atoms with Crippen LogP contribution in [0.1, 0.15) is 18.5 Å². The zero-order valence-corrected chi connectivity index (χ0v) is 12.9. The van der Waals surface area contributed by atoms with Gasteiger partial charge in [-0.2, -0.15) is 0 Å². The lowest BCUT2D eigenvalue weighted by Gasteiger charge is -2.14. The maximum Gasteiger partial charge on any atom is 0.258 e. The summed E-state index contributed by atoms with van der Waals surface area (Å²) in [6, 6.07) is 7.56. The molecule has 1 heterocycles. The third-order valence-corrected chi connectivity index (χ3v) is 3.46. The molecule has 2 rings (SSSR count). The lowest BCUT2D eigenvalue weighted by molar-refractivity contribution is -0.123. The minimum absolute atomic E-state index is 0.138. The molecule has 0 aliphatic carbocycles. The van der Waals surface area contributed by atoms with Gasteiger partial charge in [0.1, 0.15) is 11.6 Å². The summed E-state index contributed by atoms with van der Waals surface area (Å²) in [5, 5.41) is 2.82. The molecular formula is C15H14BrFN2O2. The summed E-state index contributed by atoms with van der Waals surface area (Å²) in [6.07, 6.45) is 3.34. The Balaban J connectivity index is 1.87. The number of ether oxygens (including phenoxy) is 1. The van der Waals surface area contributed by atoms with Crippen LogP contribution in [-0.4, -0.2) is 17.5 Å². The van der Waals surface area contributed by atoms with Crippen LogP contribution in [-0.2, 0) is 4.79 Å². The molecule has 0 bridgehead atoms. The van der Waals surface area contributed by atoms with Gasteiger partial charge in [-0.3, -0.25) is 9.78 Å². The van der Waals surface area contributed by atoms with Crippen molar-refractivity contribution < 1.29 is 13.9 Å². The van der Waals surface area contributed by atoms with Crippen LogP contribution in [0.15, 0.2) is 47.2 Å². The lowest BCUT2D eigenvalue weighted by Crippen LogP contribution is -2.31. The first-order valence-corrected chi connectivity index (χ1v) is 7.12. The Morgan fingerprint density at radius 2 is 2.10 bits per heavy atom. The van der Waals surface area contributed by atoms with Crippen LogP contribution < -0.4 is 10.1 Å². The number of halogens is 2. The standard InChI is InChI=1S/C15H14BrFN2O2/c1-10(11-4-6-18-7-5-11)19-15(20)9-21-14-3-2-12(17)8-13(14)16/h2-8,10H,9H2,1H3,(H,19,20). The molecular weight excluding hydrogens is 339 g/mol. The maximum absolute atomic E-state index is 12.9. The molecule has 0 aliphatic heterocycles. The highest BCUT2D eigenvalue weighted by Gasteiger charge is 2.11. The number of carbonyl (C=O) groups is 1. The summed E-state index contributed by atoms with van der Waals surface area (Å²) >= 11 is 3.18. The monoisotopic (exact) mass is 352 g/mol. The van der Waals surface area contributed by atoms with Gasteiger partial charge in [-0.15, -0.1) is 0 Å². The van der Waals surface area contributed by atoms with E-state index in [0.717, 1.165) is 5.56 Å². The van der Waals surface area contributed by atoms with Crippen LogP contribution in [0.5, 0.6) is 5.75 Å². The van der Waals surface area contributed by atoms with Crippen molar-refractivity contribution in [1.29, 1.82) is 0 Å². The van der Waals surface area contributed by atoms with Crippen LogP contribution in [0.2, 0.25) is 0 Å². The van der Waals surface area contributed by atoms with E-state index in [1.807, 2.05) is 19.1 Å². The number of nitrogens with one attached hydrogen (secondary N) is 1. The summed E-state index contributed by atoms with van der Waals surface area (Å²) in [4.78, 5) is 15.8. The van der Waals surface area contributed by atoms with Crippen molar-refractivity contribution in [1.82, 2.24) is 10.3 Å². The number of rotatable bonds is 5. The topological polar surface area (TPSA) is 51.2 Å². The number of hydrogen-bond acceptors (Lipinski definition) is 3. The fourth-order valence-corrected chi connectivity index (χ4v) is 2.22. The minimum atomic E-state index is -0.370. The van der Waals surface area contributed by atoms with E-state index in [1.165, 1.54) is 18.2 Å². The third-order valence-electron chi connectivity index (χ3n) is 2.84. The molecule has 21 heavy (non-hydrogen) atoms. The Hall–Kier alpha value is -1.95. The second-order valence-corrected chi connectivity index (χ2v) is 5.29. The zero-order chi connectivity index (χ0) is 15.2. The predicted molar refractivity (Wildman–Crippen MR) is 80.4 cm³/mol. The molecule has 0 saturated carbocycles. The van der Waals surface area contributed by atoms with E-state index in [2.05, 4.69) is 26.2 Å². The fraction of sp³-hybridized carbons (Fsp3) is 0.200. The SMILES string of the molecule is CC(NC(=O)COc1ccc(F)cc1Br)c1ccncc1. The first kappa shape index (κ1) is 15.4. The smallest absolute Gasteiger partial charge is 0.258 e. The molecule has 0 aliphatic rings. The number of aromatic nitrogens is 1. The average molecular weight is 353 g/mol. The molecule has 1 aromatic carbocycles. The van der Waals surface area contributed by atoms with E-state index in [9.17, 15) is 9.18 Å². The van der Waals surface area contributed by atoms with E-state index < -0.39 is 0 Å². The van der Waals surface area contributed by atoms with Crippen molar-refractivity contribution in [3.63, 3.8) is 0 Å². The first-order chi connectivity index (χ1) is 10.1. The number of nitrogens with zero attached hydrogens (tertiary/aromatic N) is 1. The van der Waals surface area contributed by atoms with Gasteiger partial charge in [0, 0.05) is 12.4 Å². The van der Waals surface area contributed by atoms with Crippen LogP contribution in [0.25, 0.3) is 0 Å². The van der Waals surface area contributed by atoms with Gasteiger partial charge in [-0.05, 0) is 58.7 Å². The number of carbonyl (C=O) groups excluding carboxylic acids is 1. The normalized spacial score (nSPS) is 11.8. The summed E-state index contributed by atoms with van der Waals surface area (Å²) in [7, 11) is 0. The Labute approximate surface area is 130 Å². The maximum atomic E-state index is 12.9. The van der Waals surface area contributed by atoms with Gasteiger partial charge in [0.2, 0.25) is 0 Å². The molecule has 1 N–H and O–H groups in total. The largest absolute Gasteiger partial charge is 0.483 e. The molecule has 110 valence electrons. The second-order valence-electron chi connectivity index (χ2n) is 4.43. The van der Waals surface area contributed by atoms with Crippen molar-refractivity contribution in [2.45, 2.75) is 13.0 Å². The molecule has 1 aromatic heterocycles. The van der Waals surface area contributed by atoms with Crippen LogP contribution in [0.4, 0.5) is 4.39 Å². The predicted octanol–water partition coefficient (Wildman–Crippen LogP) is 3.24. The van der Waals surface area contributed by atoms with E-state index >= 15 is 0 Å². The van der Waals surface area contributed by atoms with Crippen molar-refractivity contribution >= 4 is 21.8 Å². The van der Waals surface area contributed by atoms with Crippen molar-refractivity contribution in [2.75, 3.05) is 6.61 Å². The Kier molecular flexibility index (Phi) is 5.27. The molecule has 1 atom stereocenters. The highest BCUT2D eigenvalue weighted by molar-refractivity contribution is 9.10. The van der Waals surface area contributed by atoms with Gasteiger partial charge >= 0.3 is 0 Å². The quantitative estimate of drug-likeness (QED) is 0.898. The van der Waals surface area contributed by atoms with Gasteiger partial charge in [0.05, 0.1) is 10.5 Å². The molecule has 0 radical (unpaired) electrons. The molecule has 4 nitrogen and oxygen atoms in total. The van der Waals surface area contributed by atoms with Crippen LogP contribution in [0, 0.1) is 5.82 Å². The lowest BCUT2D eigenvalue weighted by atomic mass is 10.1. The van der Waals surface area contributed by atoms with Gasteiger partial charge in [0.25, 0.3) is 5.91 Å². The highest BCUT2D eigenvalue weighted by atomic mass is 79.9. The van der Waals surface area contributed by atoms with Crippen molar-refractivity contribution in [2.24, 2.45) is 0 Å². The Morgan fingerprint density at radius 3 is 2.76 bits per heavy atom. The molecule has 6 heteroatoms. The molecule has 1 unspecified atom stereocenters. The number of hydrogen-bond donors (Lipinski definition) is 1. The minimum Gasteiger partial charge on any atom is -0.483 e. The van der Waals surface area contributed by atoms with Crippen LogP contribution >= 0.6 is 15.9 Å². The second kappa shape index (κ2) is 7.17. The van der Waals surface area contributed by atoms with Gasteiger partial charge in [-0.1, -0.05) is 0 Å². The Bertz CT molecular complexity index is 622. The summed E-state index contributed by atoms with van der Waals surface area (Å²) in [6.45, 7) is 1.74. The summed E-state index contributed by atoms with van der Waals surface area (Å²) < 4.78 is 18.8. The third kappa shape index (κ3) is 4.53. The first-order valence-electron chi connectivity index (χ1n) is 6.33. The summed E-state index contributed by atoms with van der Waals surface area (Å²) in [5.74, 6) is -0.205. The van der Waals surface area contributed by atoms with Gasteiger partial charge in [0.15, 0.2) is 6.61 Å². The van der Waals surface area contributed by atoms with Gasteiger partial charge < -0.3 is 10.1 Å². The van der Waals surface area contributed by atoms with Crippen molar-refractivity contribution in [3.8, 4) is 5.75 Å². The number of benzene rings is 1. The van der Waals surface area contributed by atoms with Gasteiger partial charge in [-0.25, -0.2) is 4.39 Å². The molecule has 0 saturated heterocycles. The number of amides is 1. The van der Waals surface area contributed by atoms with E-state index in [0.29, 0.717) is 10.2 Å². The fourth-order valence-electron chi connectivity index (χ4n) is 1.75. The molecule has 0 spiro atoms.